The molecule has 2 aliphatic heterocycles. The lowest BCUT2D eigenvalue weighted by molar-refractivity contribution is -0.120. The Morgan fingerprint density at radius 3 is 2.79 bits per heavy atom. The van der Waals surface area contributed by atoms with E-state index in [1.807, 2.05) is 6.07 Å². The van der Waals surface area contributed by atoms with Crippen molar-refractivity contribution in [2.45, 2.75) is 64.0 Å². The summed E-state index contributed by atoms with van der Waals surface area (Å²) >= 11 is 0. The molecule has 1 fully saturated rings. The Balaban J connectivity index is 1.51. The van der Waals surface area contributed by atoms with Crippen LogP contribution in [-0.2, 0) is 33.8 Å². The Morgan fingerprint density at radius 2 is 2.04 bits per heavy atom. The second-order valence-electron chi connectivity index (χ2n) is 7.02. The Kier molecular flexibility index (Phi) is 5.48. The van der Waals surface area contributed by atoms with Crippen LogP contribution >= 0.6 is 0 Å². The molecule has 2 N–H and O–H groups in total. The number of benzene rings is 1. The van der Waals surface area contributed by atoms with Crippen LogP contribution in [0.1, 0.15) is 49.3 Å². The number of nitrogens with one attached hydrogen (secondary N) is 1. The monoisotopic (exact) mass is 329 g/mol. The van der Waals surface area contributed by atoms with Gasteiger partial charge in [0.1, 0.15) is 11.6 Å². The molecule has 2 aliphatic rings. The van der Waals surface area contributed by atoms with Gasteiger partial charge >= 0.3 is 7.12 Å². The van der Waals surface area contributed by atoms with E-state index >= 15 is 0 Å². The number of ketones is 2. The van der Waals surface area contributed by atoms with E-state index in [9.17, 15) is 14.6 Å². The number of Topliss-reactive ketones (excluding diaryl/α,β-unsaturated/α-hetero) is 2. The highest BCUT2D eigenvalue weighted by Crippen LogP contribution is 2.31. The summed E-state index contributed by atoms with van der Waals surface area (Å²) in [5.74, 6) is 0.0169. The van der Waals surface area contributed by atoms with Crippen molar-refractivity contribution in [2.24, 2.45) is 0 Å². The molecule has 0 spiro atoms. The van der Waals surface area contributed by atoms with Gasteiger partial charge in [-0.25, -0.2) is 0 Å². The van der Waals surface area contributed by atoms with Gasteiger partial charge in [-0.2, -0.15) is 0 Å². The Bertz CT molecular complexity index is 633. The molecule has 2 atom stereocenters. The lowest BCUT2D eigenvalue weighted by Gasteiger charge is -2.30. The fourth-order valence-corrected chi connectivity index (χ4v) is 3.64. The van der Waals surface area contributed by atoms with Crippen molar-refractivity contribution in [3.8, 4) is 0 Å². The zero-order chi connectivity index (χ0) is 17.1. The van der Waals surface area contributed by atoms with Crippen molar-refractivity contribution in [1.82, 2.24) is 5.32 Å². The fraction of sp³-hybridized carbons (Fsp3) is 0.556. The summed E-state index contributed by atoms with van der Waals surface area (Å²) in [5.41, 5.74) is 3.61. The van der Waals surface area contributed by atoms with Crippen molar-refractivity contribution in [2.75, 3.05) is 0 Å². The molecule has 5 nitrogen and oxygen atoms in total. The van der Waals surface area contributed by atoms with Gasteiger partial charge in [-0.1, -0.05) is 18.2 Å². The van der Waals surface area contributed by atoms with Gasteiger partial charge in [-0.05, 0) is 36.5 Å². The summed E-state index contributed by atoms with van der Waals surface area (Å²) in [7, 11) is -0.948. The predicted octanol–water partition coefficient (Wildman–Crippen LogP) is 1.80. The first-order valence-electron chi connectivity index (χ1n) is 8.67. The van der Waals surface area contributed by atoms with Crippen molar-refractivity contribution in [3.05, 3.63) is 34.9 Å². The molecule has 24 heavy (non-hydrogen) atoms. The van der Waals surface area contributed by atoms with E-state index in [0.717, 1.165) is 31.5 Å². The van der Waals surface area contributed by atoms with E-state index in [-0.39, 0.29) is 23.5 Å². The van der Waals surface area contributed by atoms with Crippen molar-refractivity contribution < 1.29 is 19.3 Å². The molecule has 3 rings (SSSR count). The molecule has 0 saturated carbocycles. The molecule has 0 aromatic heterocycles. The minimum absolute atomic E-state index is 0.0628. The summed E-state index contributed by atoms with van der Waals surface area (Å²) in [5, 5.41) is 13.4. The van der Waals surface area contributed by atoms with Crippen LogP contribution in [0.4, 0.5) is 0 Å². The first-order chi connectivity index (χ1) is 11.5. The van der Waals surface area contributed by atoms with Gasteiger partial charge in [0.25, 0.3) is 0 Å². The average molecular weight is 329 g/mol. The first kappa shape index (κ1) is 17.3. The predicted molar refractivity (Wildman–Crippen MR) is 91.4 cm³/mol. The molecule has 6 heteroatoms. The van der Waals surface area contributed by atoms with Gasteiger partial charge in [0.15, 0.2) is 0 Å². The highest BCUT2D eigenvalue weighted by Gasteiger charge is 2.36. The maximum atomic E-state index is 12.3. The smallest absolute Gasteiger partial charge is 0.427 e. The topological polar surface area (TPSA) is 75.6 Å². The SMILES string of the molecule is CC(=O)C[C@@H]1CC[C@H](CC(=O)Cc2ccc3c(c2)CNC3)B(O)O1. The first-order valence-corrected chi connectivity index (χ1v) is 8.67. The van der Waals surface area contributed by atoms with Crippen LogP contribution in [0.25, 0.3) is 0 Å². The second-order valence-corrected chi connectivity index (χ2v) is 7.02. The fourth-order valence-electron chi connectivity index (χ4n) is 3.64. The quantitative estimate of drug-likeness (QED) is 0.779. The maximum absolute atomic E-state index is 12.3. The third kappa shape index (κ3) is 4.32. The van der Waals surface area contributed by atoms with Gasteiger partial charge in [0.2, 0.25) is 0 Å². The zero-order valence-electron chi connectivity index (χ0n) is 14.1. The van der Waals surface area contributed by atoms with E-state index < -0.39 is 7.12 Å². The third-order valence-electron chi connectivity index (χ3n) is 4.90. The van der Waals surface area contributed by atoms with E-state index in [1.54, 1.807) is 0 Å². The summed E-state index contributed by atoms with van der Waals surface area (Å²) in [4.78, 5) is 23.5. The number of rotatable bonds is 6. The molecule has 0 aliphatic carbocycles. The van der Waals surface area contributed by atoms with Gasteiger partial charge in [0, 0.05) is 44.3 Å². The molecule has 0 unspecified atom stereocenters. The molecule has 0 radical (unpaired) electrons. The van der Waals surface area contributed by atoms with Crippen LogP contribution in [0.5, 0.6) is 0 Å². The van der Waals surface area contributed by atoms with Crippen LogP contribution in [0.15, 0.2) is 18.2 Å². The number of carbonyl (C=O) groups is 2. The van der Waals surface area contributed by atoms with Gasteiger partial charge < -0.3 is 15.0 Å². The Morgan fingerprint density at radius 1 is 1.25 bits per heavy atom. The normalized spacial score (nSPS) is 23.2. The zero-order valence-corrected chi connectivity index (χ0v) is 14.1. The van der Waals surface area contributed by atoms with Gasteiger partial charge in [0.05, 0.1) is 0 Å². The third-order valence-corrected chi connectivity index (χ3v) is 4.90. The lowest BCUT2D eigenvalue weighted by Crippen LogP contribution is -2.37. The standard InChI is InChI=1S/C18H24BNO4/c1-12(21)6-18-5-4-16(19(23)24-18)9-17(22)8-13-2-3-14-10-20-11-15(14)7-13/h2-3,7,16,18,20,23H,4-6,8-11H2,1H3/t16-,18+/m1/s1. The number of hydrogen-bond donors (Lipinski definition) is 2. The maximum Gasteiger partial charge on any atom is 0.458 e. The Hall–Kier alpha value is -1.50. The molecular formula is C18H24BNO4. The second kappa shape index (κ2) is 7.59. The van der Waals surface area contributed by atoms with Crippen molar-refractivity contribution >= 4 is 18.7 Å². The minimum Gasteiger partial charge on any atom is -0.427 e. The number of carbonyl (C=O) groups excluding carboxylic acids is 2. The average Bonchev–Trinajstić information content (AvgIpc) is 2.97. The van der Waals surface area contributed by atoms with Crippen LogP contribution in [-0.4, -0.2) is 29.8 Å². The van der Waals surface area contributed by atoms with E-state index in [1.165, 1.54) is 18.1 Å². The molecule has 1 aromatic carbocycles. The highest BCUT2D eigenvalue weighted by molar-refractivity contribution is 6.45. The number of hydrogen-bond acceptors (Lipinski definition) is 5. The minimum atomic E-state index is -0.948. The molecular weight excluding hydrogens is 305 g/mol. The molecule has 0 bridgehead atoms. The van der Waals surface area contributed by atoms with Crippen molar-refractivity contribution in [1.29, 1.82) is 0 Å². The molecule has 1 saturated heterocycles. The van der Waals surface area contributed by atoms with Crippen LogP contribution in [0.2, 0.25) is 5.82 Å². The largest absolute Gasteiger partial charge is 0.458 e. The van der Waals surface area contributed by atoms with Crippen molar-refractivity contribution in [3.63, 3.8) is 0 Å². The molecule has 1 aromatic rings. The molecule has 0 amide bonds. The van der Waals surface area contributed by atoms with Gasteiger partial charge in [-0.3, -0.25) is 9.59 Å². The highest BCUT2D eigenvalue weighted by atomic mass is 16.5. The summed E-state index contributed by atoms with van der Waals surface area (Å²) in [6.45, 7) is 3.29. The Labute approximate surface area is 142 Å². The molecule has 2 heterocycles. The van der Waals surface area contributed by atoms with Gasteiger partial charge in [-0.15, -0.1) is 0 Å². The molecule has 128 valence electrons. The van der Waals surface area contributed by atoms with E-state index in [4.69, 9.17) is 4.65 Å². The van der Waals surface area contributed by atoms with E-state index in [2.05, 4.69) is 17.4 Å². The van der Waals surface area contributed by atoms with Crippen LogP contribution in [0, 0.1) is 0 Å². The van der Waals surface area contributed by atoms with Crippen LogP contribution in [0.3, 0.4) is 0 Å². The number of fused-ring (bicyclic) bond motifs is 1. The lowest BCUT2D eigenvalue weighted by atomic mass is 9.64. The summed E-state index contributed by atoms with van der Waals surface area (Å²) in [6.07, 6.45) is 2.28. The van der Waals surface area contributed by atoms with Crippen LogP contribution < -0.4 is 5.32 Å². The summed E-state index contributed by atoms with van der Waals surface area (Å²) in [6, 6.07) is 6.20. The summed E-state index contributed by atoms with van der Waals surface area (Å²) < 4.78 is 5.50. The van der Waals surface area contributed by atoms with E-state index in [0.29, 0.717) is 19.3 Å².